The van der Waals surface area contributed by atoms with Crippen LogP contribution in [0.4, 0.5) is 0 Å². The summed E-state index contributed by atoms with van der Waals surface area (Å²) in [6.45, 7) is 0. The molecule has 0 bridgehead atoms. The fourth-order valence-electron chi connectivity index (χ4n) is 16.5. The standard InChI is InChI=1S/C79H44N2/c1-2-20-46-45(19-1)43-64(76-75(46)59-25-5-10-38-67(59)79(76)65-36-8-3-21-49(65)50-22-4-9-37-66(50)79)72-55-28-13-26-47(53-30-17-41-70-73(53)60-34-15-32-57-51-23-6-11-39-68(51)80(70)77(57)60)62(55)44-63-48(27-14-29-56(63)72)54-31-18-42-71-74(54)61-35-16-33-58-52-24-7-12-40-69(52)81(71)78(58)61/h1-44H. The van der Waals surface area contributed by atoms with Gasteiger partial charge in [-0.05, 0) is 147 Å². The number of aromatic nitrogens is 2. The molecule has 0 amide bonds. The fraction of sp³-hybridized carbons (Fsp3) is 0.0127. The van der Waals surface area contributed by atoms with Crippen molar-refractivity contribution in [3.05, 3.63) is 289 Å². The first-order valence-electron chi connectivity index (χ1n) is 28.4. The van der Waals surface area contributed by atoms with E-state index < -0.39 is 5.41 Å². The molecule has 4 aromatic heterocycles. The van der Waals surface area contributed by atoms with E-state index in [9.17, 15) is 0 Å². The predicted octanol–water partition coefficient (Wildman–Crippen LogP) is 20.8. The maximum absolute atomic E-state index is 2.57. The van der Waals surface area contributed by atoms with Crippen LogP contribution in [0.5, 0.6) is 0 Å². The Balaban J connectivity index is 0.982. The van der Waals surface area contributed by atoms with Gasteiger partial charge in [0.15, 0.2) is 0 Å². The molecule has 18 aromatic rings. The lowest BCUT2D eigenvalue weighted by molar-refractivity contribution is 0.796. The van der Waals surface area contributed by atoms with Crippen LogP contribution in [0, 0.1) is 0 Å². The lowest BCUT2D eigenvalue weighted by Gasteiger charge is -2.33. The number of nitrogens with zero attached hydrogens (tertiary/aromatic N) is 2. The van der Waals surface area contributed by atoms with Gasteiger partial charge in [-0.25, -0.2) is 0 Å². The summed E-state index contributed by atoms with van der Waals surface area (Å²) < 4.78 is 5.04. The van der Waals surface area contributed by atoms with Crippen LogP contribution in [0.15, 0.2) is 267 Å². The molecule has 0 fully saturated rings. The maximum atomic E-state index is 2.57. The van der Waals surface area contributed by atoms with Crippen LogP contribution in [0.1, 0.15) is 22.3 Å². The first-order valence-corrected chi connectivity index (χ1v) is 28.4. The highest BCUT2D eigenvalue weighted by molar-refractivity contribution is 6.30. The molecule has 2 nitrogen and oxygen atoms in total. The Morgan fingerprint density at radius 3 is 1.17 bits per heavy atom. The van der Waals surface area contributed by atoms with Gasteiger partial charge >= 0.3 is 0 Å². The summed E-state index contributed by atoms with van der Waals surface area (Å²) in [5, 5.41) is 17.8. The summed E-state index contributed by atoms with van der Waals surface area (Å²) in [6.07, 6.45) is 0. The van der Waals surface area contributed by atoms with E-state index in [-0.39, 0.29) is 0 Å². The monoisotopic (exact) mass is 1020 g/mol. The molecule has 14 aromatic carbocycles. The SMILES string of the molecule is c1ccc2c(c1)-c1ccccc1C21c2ccccc2-c2c1c(-c1c3cccc(-c4cccc5c4c4cccc6c7ccccc7n5c64)c3cc3c(-c4cccc5c4c4cccc6c7ccccc7n5c64)cccc13)cc1ccccc21. The molecule has 81 heavy (non-hydrogen) atoms. The van der Waals surface area contributed by atoms with Gasteiger partial charge in [-0.3, -0.25) is 0 Å². The lowest BCUT2D eigenvalue weighted by atomic mass is 9.68. The van der Waals surface area contributed by atoms with E-state index in [0.717, 1.165) is 0 Å². The molecule has 0 atom stereocenters. The Bertz CT molecular complexity index is 5560. The molecule has 0 N–H and O–H groups in total. The predicted molar refractivity (Wildman–Crippen MR) is 341 cm³/mol. The third-order valence-electron chi connectivity index (χ3n) is 19.4. The molecule has 0 aliphatic heterocycles. The van der Waals surface area contributed by atoms with Crippen molar-refractivity contribution in [1.82, 2.24) is 8.80 Å². The second-order valence-corrected chi connectivity index (χ2v) is 22.8. The second kappa shape index (κ2) is 15.0. The number of benzene rings is 14. The lowest BCUT2D eigenvalue weighted by Crippen LogP contribution is -2.26. The van der Waals surface area contributed by atoms with Gasteiger partial charge in [-0.1, -0.05) is 231 Å². The van der Waals surface area contributed by atoms with E-state index in [2.05, 4.69) is 276 Å². The van der Waals surface area contributed by atoms with Crippen LogP contribution in [0.2, 0.25) is 0 Å². The van der Waals surface area contributed by atoms with Gasteiger partial charge < -0.3 is 8.80 Å². The molecular formula is C79H44N2. The molecule has 1 spiro atoms. The van der Waals surface area contributed by atoms with Crippen LogP contribution >= 0.6 is 0 Å². The number of fused-ring (bicyclic) bond motifs is 26. The molecule has 370 valence electrons. The molecule has 0 unspecified atom stereocenters. The van der Waals surface area contributed by atoms with E-state index >= 15 is 0 Å². The summed E-state index contributed by atoms with van der Waals surface area (Å²) >= 11 is 0. The van der Waals surface area contributed by atoms with E-state index in [4.69, 9.17) is 0 Å². The first-order chi connectivity index (χ1) is 40.3. The molecule has 0 radical (unpaired) electrons. The van der Waals surface area contributed by atoms with E-state index in [1.165, 1.54) is 186 Å². The Hall–Kier alpha value is -10.5. The van der Waals surface area contributed by atoms with E-state index in [1.807, 2.05) is 0 Å². The third-order valence-corrected chi connectivity index (χ3v) is 19.4. The molecule has 20 rings (SSSR count). The minimum absolute atomic E-state index is 0.591. The molecule has 0 saturated carbocycles. The molecular weight excluding hydrogens is 977 g/mol. The van der Waals surface area contributed by atoms with Crippen molar-refractivity contribution >= 4 is 109 Å². The third kappa shape index (κ3) is 5.00. The van der Waals surface area contributed by atoms with Crippen molar-refractivity contribution in [1.29, 1.82) is 0 Å². The van der Waals surface area contributed by atoms with Crippen molar-refractivity contribution in [2.45, 2.75) is 5.41 Å². The average Bonchev–Trinajstić information content (AvgIpc) is 3.04. The summed E-state index contributed by atoms with van der Waals surface area (Å²) in [7, 11) is 0. The maximum Gasteiger partial charge on any atom is 0.0731 e. The van der Waals surface area contributed by atoms with Crippen LogP contribution in [-0.2, 0) is 5.41 Å². The van der Waals surface area contributed by atoms with Crippen molar-refractivity contribution in [3.8, 4) is 55.6 Å². The van der Waals surface area contributed by atoms with Crippen molar-refractivity contribution in [2.75, 3.05) is 0 Å². The van der Waals surface area contributed by atoms with Crippen molar-refractivity contribution in [2.24, 2.45) is 0 Å². The van der Waals surface area contributed by atoms with Crippen LogP contribution in [0.25, 0.3) is 164 Å². The van der Waals surface area contributed by atoms with Gasteiger partial charge in [-0.2, -0.15) is 0 Å². The zero-order valence-corrected chi connectivity index (χ0v) is 43.8. The van der Waals surface area contributed by atoms with Gasteiger partial charge in [0.2, 0.25) is 0 Å². The van der Waals surface area contributed by atoms with Crippen molar-refractivity contribution < 1.29 is 0 Å². The summed E-state index contributed by atoms with van der Waals surface area (Å²) in [5.74, 6) is 0. The summed E-state index contributed by atoms with van der Waals surface area (Å²) in [5.41, 5.74) is 25.0. The second-order valence-electron chi connectivity index (χ2n) is 22.8. The highest BCUT2D eigenvalue weighted by atomic mass is 14.9. The fourth-order valence-corrected chi connectivity index (χ4v) is 16.5. The minimum atomic E-state index is -0.591. The zero-order chi connectivity index (χ0) is 52.4. The quantitative estimate of drug-likeness (QED) is 0.156. The van der Waals surface area contributed by atoms with Gasteiger partial charge in [0.25, 0.3) is 0 Å². The minimum Gasteiger partial charge on any atom is -0.308 e. The smallest absolute Gasteiger partial charge is 0.0731 e. The Labute approximate surface area is 464 Å². The molecule has 2 heteroatoms. The molecule has 2 aliphatic rings. The van der Waals surface area contributed by atoms with Gasteiger partial charge in [-0.15, -0.1) is 0 Å². The highest BCUT2D eigenvalue weighted by Gasteiger charge is 2.53. The molecule has 0 saturated heterocycles. The van der Waals surface area contributed by atoms with Crippen molar-refractivity contribution in [3.63, 3.8) is 0 Å². The number of para-hydroxylation sites is 4. The first kappa shape index (κ1) is 42.5. The number of hydrogen-bond donors (Lipinski definition) is 0. The van der Waals surface area contributed by atoms with E-state index in [0.29, 0.717) is 0 Å². The Morgan fingerprint density at radius 2 is 0.605 bits per heavy atom. The highest BCUT2D eigenvalue weighted by Crippen LogP contribution is 2.66. The number of rotatable bonds is 3. The molecule has 4 heterocycles. The largest absolute Gasteiger partial charge is 0.308 e. The topological polar surface area (TPSA) is 8.82 Å². The normalized spacial score (nSPS) is 13.5. The van der Waals surface area contributed by atoms with Crippen LogP contribution in [0.3, 0.4) is 0 Å². The summed E-state index contributed by atoms with van der Waals surface area (Å²) in [4.78, 5) is 0. The molecule has 2 aliphatic carbocycles. The van der Waals surface area contributed by atoms with Gasteiger partial charge in [0.1, 0.15) is 0 Å². The Kier molecular flexibility index (Phi) is 7.85. The number of hydrogen-bond acceptors (Lipinski definition) is 0. The van der Waals surface area contributed by atoms with Gasteiger partial charge in [0, 0.05) is 43.1 Å². The summed E-state index contributed by atoms with van der Waals surface area (Å²) in [6, 6.07) is 102. The average molecular weight is 1020 g/mol. The zero-order valence-electron chi connectivity index (χ0n) is 43.8. The van der Waals surface area contributed by atoms with E-state index in [1.54, 1.807) is 0 Å². The van der Waals surface area contributed by atoms with Gasteiger partial charge in [0.05, 0.1) is 38.5 Å². The van der Waals surface area contributed by atoms with Crippen LogP contribution in [-0.4, -0.2) is 8.80 Å². The Morgan fingerprint density at radius 1 is 0.222 bits per heavy atom. The van der Waals surface area contributed by atoms with Crippen LogP contribution < -0.4 is 0 Å².